The molecule has 5 heteroatoms. The zero-order valence-electron chi connectivity index (χ0n) is 8.60. The highest BCUT2D eigenvalue weighted by molar-refractivity contribution is 7.33. The lowest BCUT2D eigenvalue weighted by molar-refractivity contribution is 0.274. The Kier molecular flexibility index (Phi) is 3.37. The number of thiophene rings is 2. The van der Waals surface area contributed by atoms with E-state index in [1.165, 1.54) is 9.00 Å². The topological polar surface area (TPSA) is 18.5 Å². The van der Waals surface area contributed by atoms with Gasteiger partial charge in [0.05, 0.1) is 9.00 Å². The third kappa shape index (κ3) is 1.81. The highest BCUT2D eigenvalue weighted by Crippen LogP contribution is 2.13. The Bertz CT molecular complexity index is 357. The molecule has 2 nitrogen and oxygen atoms in total. The maximum absolute atomic E-state index is 5.71. The van der Waals surface area contributed by atoms with Crippen molar-refractivity contribution in [3.05, 3.63) is 35.0 Å². The number of rotatable bonds is 4. The van der Waals surface area contributed by atoms with E-state index in [2.05, 4.69) is 22.9 Å². The van der Waals surface area contributed by atoms with Crippen LogP contribution < -0.4 is 9.00 Å². The third-order valence-corrected chi connectivity index (χ3v) is 8.73. The van der Waals surface area contributed by atoms with E-state index in [0.29, 0.717) is 0 Å². The Labute approximate surface area is 98.4 Å². The van der Waals surface area contributed by atoms with E-state index in [-0.39, 0.29) is 0 Å². The van der Waals surface area contributed by atoms with Crippen LogP contribution in [0, 0.1) is 0 Å². The number of hydrogen-bond acceptors (Lipinski definition) is 4. The predicted octanol–water partition coefficient (Wildman–Crippen LogP) is 1.66. The molecule has 2 heterocycles. The molecule has 2 aromatic heterocycles. The van der Waals surface area contributed by atoms with Crippen LogP contribution in [0.5, 0.6) is 0 Å². The second kappa shape index (κ2) is 4.59. The van der Waals surface area contributed by atoms with E-state index in [4.69, 9.17) is 8.85 Å². The molecule has 2 aromatic rings. The van der Waals surface area contributed by atoms with Gasteiger partial charge in [0, 0.05) is 14.2 Å². The fourth-order valence-electron chi connectivity index (χ4n) is 1.54. The minimum Gasteiger partial charge on any atom is -0.390 e. The van der Waals surface area contributed by atoms with E-state index in [0.717, 1.165) is 0 Å². The summed E-state index contributed by atoms with van der Waals surface area (Å²) in [6.07, 6.45) is 0. The Morgan fingerprint density at radius 2 is 1.40 bits per heavy atom. The summed E-state index contributed by atoms with van der Waals surface area (Å²) in [5.41, 5.74) is 0. The van der Waals surface area contributed by atoms with Gasteiger partial charge in [-0.05, 0) is 22.9 Å². The summed E-state index contributed by atoms with van der Waals surface area (Å²) < 4.78 is 13.8. The van der Waals surface area contributed by atoms with E-state index in [9.17, 15) is 0 Å². The summed E-state index contributed by atoms with van der Waals surface area (Å²) in [6, 6.07) is 8.24. The van der Waals surface area contributed by atoms with Crippen molar-refractivity contribution in [3.8, 4) is 0 Å². The van der Waals surface area contributed by atoms with Crippen LogP contribution in [0.2, 0.25) is 0 Å². The molecule has 15 heavy (non-hydrogen) atoms. The van der Waals surface area contributed by atoms with Crippen molar-refractivity contribution in [1.29, 1.82) is 0 Å². The van der Waals surface area contributed by atoms with Crippen LogP contribution in [0.4, 0.5) is 0 Å². The van der Waals surface area contributed by atoms with Gasteiger partial charge in [-0.1, -0.05) is 12.1 Å². The van der Waals surface area contributed by atoms with Crippen molar-refractivity contribution in [2.24, 2.45) is 0 Å². The lowest BCUT2D eigenvalue weighted by atomic mass is 10.7. The summed E-state index contributed by atoms with van der Waals surface area (Å²) in [6.45, 7) is 0. The normalized spacial score (nSPS) is 11.9. The van der Waals surface area contributed by atoms with Gasteiger partial charge in [0.2, 0.25) is 0 Å². The molecule has 0 saturated heterocycles. The van der Waals surface area contributed by atoms with Crippen LogP contribution in [0.25, 0.3) is 0 Å². The van der Waals surface area contributed by atoms with Gasteiger partial charge in [0.1, 0.15) is 0 Å². The molecule has 2 rings (SSSR count). The predicted molar refractivity (Wildman–Crippen MR) is 67.7 cm³/mol. The maximum atomic E-state index is 5.71. The second-order valence-electron chi connectivity index (χ2n) is 2.98. The van der Waals surface area contributed by atoms with Crippen LogP contribution in [0.1, 0.15) is 0 Å². The largest absolute Gasteiger partial charge is 0.427 e. The molecule has 0 unspecified atom stereocenters. The monoisotopic (exact) mass is 256 g/mol. The van der Waals surface area contributed by atoms with E-state index >= 15 is 0 Å². The molecular weight excluding hydrogens is 244 g/mol. The Morgan fingerprint density at radius 1 is 0.933 bits per heavy atom. The summed E-state index contributed by atoms with van der Waals surface area (Å²) >= 11 is 3.39. The SMILES string of the molecule is CO[Si](OC)(c1cccs1)c1cccs1. The average molecular weight is 256 g/mol. The first-order chi connectivity index (χ1) is 7.33. The maximum Gasteiger partial charge on any atom is 0.427 e. The molecule has 0 aliphatic heterocycles. The summed E-state index contributed by atoms with van der Waals surface area (Å²) in [5.74, 6) is 0. The first-order valence-electron chi connectivity index (χ1n) is 4.52. The minimum absolute atomic E-state index is 1.20. The van der Waals surface area contributed by atoms with Crippen molar-refractivity contribution in [3.63, 3.8) is 0 Å². The fraction of sp³-hybridized carbons (Fsp3) is 0.200. The molecule has 0 aliphatic carbocycles. The molecule has 0 amide bonds. The zero-order valence-corrected chi connectivity index (χ0v) is 11.2. The molecule has 0 spiro atoms. The van der Waals surface area contributed by atoms with Gasteiger partial charge < -0.3 is 8.85 Å². The van der Waals surface area contributed by atoms with Crippen LogP contribution in [0.3, 0.4) is 0 Å². The van der Waals surface area contributed by atoms with Gasteiger partial charge >= 0.3 is 8.56 Å². The quantitative estimate of drug-likeness (QED) is 0.775. The van der Waals surface area contributed by atoms with Gasteiger partial charge in [-0.2, -0.15) is 0 Å². The molecule has 0 aromatic carbocycles. The van der Waals surface area contributed by atoms with E-state index in [1.54, 1.807) is 36.9 Å². The Morgan fingerprint density at radius 3 is 1.67 bits per heavy atom. The standard InChI is InChI=1S/C10H12O2S2Si/c1-11-15(12-2,9-5-3-7-13-9)10-6-4-8-14-10/h3-8H,1-2H3. The second-order valence-corrected chi connectivity index (χ2v) is 8.73. The first kappa shape index (κ1) is 11.0. The van der Waals surface area contributed by atoms with Crippen molar-refractivity contribution < 1.29 is 8.85 Å². The van der Waals surface area contributed by atoms with Gasteiger partial charge in [-0.25, -0.2) is 0 Å². The molecule has 0 bridgehead atoms. The number of hydrogen-bond donors (Lipinski definition) is 0. The van der Waals surface area contributed by atoms with Crippen LogP contribution in [0.15, 0.2) is 35.0 Å². The van der Waals surface area contributed by atoms with E-state index in [1.807, 2.05) is 12.1 Å². The van der Waals surface area contributed by atoms with Crippen LogP contribution in [-0.4, -0.2) is 22.8 Å². The highest BCUT2D eigenvalue weighted by atomic mass is 32.1. The third-order valence-electron chi connectivity index (χ3n) is 2.27. The minimum atomic E-state index is -2.35. The zero-order chi connectivity index (χ0) is 10.7. The molecule has 80 valence electrons. The molecular formula is C10H12O2S2Si. The fourth-order valence-corrected chi connectivity index (χ4v) is 7.81. The van der Waals surface area contributed by atoms with Gasteiger partial charge in [0.25, 0.3) is 0 Å². The smallest absolute Gasteiger partial charge is 0.390 e. The summed E-state index contributed by atoms with van der Waals surface area (Å²) in [5, 5.41) is 4.12. The molecule has 0 atom stereocenters. The lowest BCUT2D eigenvalue weighted by Crippen LogP contribution is -2.60. The lowest BCUT2D eigenvalue weighted by Gasteiger charge is -2.24. The van der Waals surface area contributed by atoms with Crippen molar-refractivity contribution in [2.45, 2.75) is 0 Å². The molecule has 0 aliphatic rings. The molecule has 0 radical (unpaired) electrons. The molecule has 0 N–H and O–H groups in total. The Hall–Kier alpha value is -0.463. The Balaban J connectivity index is 2.50. The van der Waals surface area contributed by atoms with Gasteiger partial charge in [0.15, 0.2) is 0 Å². The summed E-state index contributed by atoms with van der Waals surface area (Å²) in [4.78, 5) is 0. The highest BCUT2D eigenvalue weighted by Gasteiger charge is 2.42. The molecule has 0 saturated carbocycles. The van der Waals surface area contributed by atoms with Crippen molar-refractivity contribution in [1.82, 2.24) is 0 Å². The molecule has 0 fully saturated rings. The summed E-state index contributed by atoms with van der Waals surface area (Å²) in [7, 11) is 1.11. The first-order valence-corrected chi connectivity index (χ1v) is 8.09. The van der Waals surface area contributed by atoms with E-state index < -0.39 is 8.56 Å². The van der Waals surface area contributed by atoms with Gasteiger partial charge in [-0.15, -0.1) is 22.7 Å². The van der Waals surface area contributed by atoms with Crippen LogP contribution in [-0.2, 0) is 8.85 Å². The van der Waals surface area contributed by atoms with Gasteiger partial charge in [-0.3, -0.25) is 0 Å². The van der Waals surface area contributed by atoms with Crippen LogP contribution >= 0.6 is 22.7 Å². The van der Waals surface area contributed by atoms with Crippen molar-refractivity contribution in [2.75, 3.05) is 14.2 Å². The van der Waals surface area contributed by atoms with Crippen molar-refractivity contribution >= 4 is 40.2 Å². The average Bonchev–Trinajstić information content (AvgIpc) is 2.92.